The van der Waals surface area contributed by atoms with Gasteiger partial charge < -0.3 is 10.2 Å². The summed E-state index contributed by atoms with van der Waals surface area (Å²) < 4.78 is 12.8. The van der Waals surface area contributed by atoms with E-state index >= 15 is 0 Å². The number of amides is 1. The van der Waals surface area contributed by atoms with Crippen LogP contribution < -0.4 is 5.32 Å². The third-order valence-corrected chi connectivity index (χ3v) is 3.66. The lowest BCUT2D eigenvalue weighted by Gasteiger charge is -2.19. The topological polar surface area (TPSA) is 32.3 Å². The van der Waals surface area contributed by atoms with Gasteiger partial charge in [-0.15, -0.1) is 12.4 Å². The maximum absolute atomic E-state index is 12.8. The molecule has 0 radical (unpaired) electrons. The van der Waals surface area contributed by atoms with E-state index in [1.165, 1.54) is 12.1 Å². The van der Waals surface area contributed by atoms with Gasteiger partial charge in [0.2, 0.25) is 5.91 Å². The van der Waals surface area contributed by atoms with Crippen molar-refractivity contribution in [2.45, 2.75) is 31.7 Å². The largest absolute Gasteiger partial charge is 0.345 e. The molecule has 1 fully saturated rings. The quantitative estimate of drug-likeness (QED) is 0.905. The second-order valence-electron chi connectivity index (χ2n) is 5.19. The average Bonchev–Trinajstić information content (AvgIpc) is 2.90. The fourth-order valence-electron chi connectivity index (χ4n) is 2.37. The smallest absolute Gasteiger partial charge is 0.223 e. The minimum Gasteiger partial charge on any atom is -0.345 e. The van der Waals surface area contributed by atoms with Gasteiger partial charge in [0, 0.05) is 26.1 Å². The Labute approximate surface area is 125 Å². The van der Waals surface area contributed by atoms with E-state index < -0.39 is 0 Å². The van der Waals surface area contributed by atoms with Gasteiger partial charge in [-0.3, -0.25) is 4.79 Å². The number of carbonyl (C=O) groups is 1. The van der Waals surface area contributed by atoms with Crippen LogP contribution in [-0.2, 0) is 11.2 Å². The van der Waals surface area contributed by atoms with Gasteiger partial charge in [0.25, 0.3) is 0 Å². The summed E-state index contributed by atoms with van der Waals surface area (Å²) in [6.45, 7) is 1.70. The summed E-state index contributed by atoms with van der Waals surface area (Å²) in [5.41, 5.74) is 1.06. The lowest BCUT2D eigenvalue weighted by molar-refractivity contribution is -0.130. The lowest BCUT2D eigenvalue weighted by Crippen LogP contribution is -2.34. The number of likely N-dealkylation sites (N-methyl/N-ethyl adjacent to an activating group) is 1. The van der Waals surface area contributed by atoms with Crippen molar-refractivity contribution in [1.29, 1.82) is 0 Å². The van der Waals surface area contributed by atoms with Crippen molar-refractivity contribution >= 4 is 18.3 Å². The van der Waals surface area contributed by atoms with Crippen LogP contribution in [0.3, 0.4) is 0 Å². The highest BCUT2D eigenvalue weighted by Crippen LogP contribution is 2.10. The van der Waals surface area contributed by atoms with E-state index in [0.717, 1.165) is 31.4 Å². The number of nitrogens with one attached hydrogen (secondary N) is 1. The zero-order chi connectivity index (χ0) is 13.7. The maximum Gasteiger partial charge on any atom is 0.223 e. The van der Waals surface area contributed by atoms with E-state index in [4.69, 9.17) is 0 Å². The molecule has 0 bridgehead atoms. The Hall–Kier alpha value is -1.13. The molecule has 2 rings (SSSR count). The lowest BCUT2D eigenvalue weighted by atomic mass is 10.1. The predicted octanol–water partition coefficient (Wildman–Crippen LogP) is 2.39. The molecule has 0 aromatic heterocycles. The van der Waals surface area contributed by atoms with Crippen LogP contribution in [0.5, 0.6) is 0 Å². The highest BCUT2D eigenvalue weighted by Gasteiger charge is 2.19. The summed E-state index contributed by atoms with van der Waals surface area (Å²) in [6, 6.07) is 6.80. The number of hydrogen-bond donors (Lipinski definition) is 1. The Bertz CT molecular complexity index is 418. The number of halogens is 2. The average molecular weight is 301 g/mol. The molecule has 0 spiro atoms. The van der Waals surface area contributed by atoms with E-state index in [9.17, 15) is 9.18 Å². The van der Waals surface area contributed by atoms with Crippen LogP contribution >= 0.6 is 12.4 Å². The Kier molecular flexibility index (Phi) is 6.96. The molecule has 1 unspecified atom stereocenters. The van der Waals surface area contributed by atoms with Gasteiger partial charge in [-0.1, -0.05) is 12.1 Å². The van der Waals surface area contributed by atoms with Gasteiger partial charge in [-0.05, 0) is 43.5 Å². The van der Waals surface area contributed by atoms with Gasteiger partial charge in [0.05, 0.1) is 0 Å². The normalized spacial score (nSPS) is 17.6. The molecule has 1 amide bonds. The van der Waals surface area contributed by atoms with Gasteiger partial charge in [-0.25, -0.2) is 4.39 Å². The highest BCUT2D eigenvalue weighted by atomic mass is 35.5. The first-order chi connectivity index (χ1) is 9.15. The molecular formula is C15H22ClFN2O. The first kappa shape index (κ1) is 16.9. The van der Waals surface area contributed by atoms with E-state index in [0.29, 0.717) is 19.0 Å². The van der Waals surface area contributed by atoms with E-state index in [2.05, 4.69) is 5.32 Å². The van der Waals surface area contributed by atoms with Crippen molar-refractivity contribution in [3.8, 4) is 0 Å². The molecule has 3 nitrogen and oxygen atoms in total. The molecule has 0 aliphatic carbocycles. The molecule has 112 valence electrons. The van der Waals surface area contributed by atoms with Crippen LogP contribution in [0.1, 0.15) is 24.8 Å². The summed E-state index contributed by atoms with van der Waals surface area (Å²) in [6.07, 6.45) is 3.61. The molecule has 0 saturated carbocycles. The van der Waals surface area contributed by atoms with Gasteiger partial charge >= 0.3 is 0 Å². The third-order valence-electron chi connectivity index (χ3n) is 3.66. The first-order valence-electron chi connectivity index (χ1n) is 6.87. The van der Waals surface area contributed by atoms with Gasteiger partial charge in [-0.2, -0.15) is 0 Å². The Morgan fingerprint density at radius 2 is 2.10 bits per heavy atom. The molecule has 1 atom stereocenters. The highest BCUT2D eigenvalue weighted by molar-refractivity contribution is 5.85. The van der Waals surface area contributed by atoms with Crippen molar-refractivity contribution in [2.75, 3.05) is 20.1 Å². The Morgan fingerprint density at radius 1 is 1.40 bits per heavy atom. The predicted molar refractivity (Wildman–Crippen MR) is 80.6 cm³/mol. The minimum atomic E-state index is -0.222. The molecule has 1 saturated heterocycles. The Morgan fingerprint density at radius 3 is 2.70 bits per heavy atom. The van der Waals surface area contributed by atoms with E-state index in [1.807, 2.05) is 7.05 Å². The zero-order valence-corrected chi connectivity index (χ0v) is 12.6. The zero-order valence-electron chi connectivity index (χ0n) is 11.8. The van der Waals surface area contributed by atoms with Crippen molar-refractivity contribution < 1.29 is 9.18 Å². The number of benzene rings is 1. The second kappa shape index (κ2) is 8.22. The van der Waals surface area contributed by atoms with Gasteiger partial charge in [0.15, 0.2) is 0 Å². The van der Waals surface area contributed by atoms with Crippen LogP contribution in [0.2, 0.25) is 0 Å². The van der Waals surface area contributed by atoms with Crippen molar-refractivity contribution in [1.82, 2.24) is 10.2 Å². The summed E-state index contributed by atoms with van der Waals surface area (Å²) in [5.74, 6) is -0.0398. The standard InChI is InChI=1S/C15H21FN2O.ClH/c1-18(15(19)11-14-3-2-9-17-14)10-8-12-4-6-13(16)7-5-12;/h4-7,14,17H,2-3,8-11H2,1H3;1H. The van der Waals surface area contributed by atoms with Crippen molar-refractivity contribution in [3.05, 3.63) is 35.6 Å². The van der Waals surface area contributed by atoms with E-state index in [-0.39, 0.29) is 24.1 Å². The fraction of sp³-hybridized carbons (Fsp3) is 0.533. The van der Waals surface area contributed by atoms with Crippen LogP contribution in [0.15, 0.2) is 24.3 Å². The number of hydrogen-bond acceptors (Lipinski definition) is 2. The van der Waals surface area contributed by atoms with Crippen LogP contribution in [-0.4, -0.2) is 37.0 Å². The summed E-state index contributed by atoms with van der Waals surface area (Å²) >= 11 is 0. The molecule has 1 N–H and O–H groups in total. The number of rotatable bonds is 5. The number of carbonyl (C=O) groups excluding carboxylic acids is 1. The molecular weight excluding hydrogens is 279 g/mol. The Balaban J connectivity index is 0.00000200. The molecule has 1 aliphatic heterocycles. The van der Waals surface area contributed by atoms with Crippen molar-refractivity contribution in [2.24, 2.45) is 0 Å². The van der Waals surface area contributed by atoms with Gasteiger partial charge in [0.1, 0.15) is 5.82 Å². The minimum absolute atomic E-state index is 0. The molecule has 1 aromatic carbocycles. The van der Waals surface area contributed by atoms with Crippen molar-refractivity contribution in [3.63, 3.8) is 0 Å². The number of nitrogens with zero attached hydrogens (tertiary/aromatic N) is 1. The summed E-state index contributed by atoms with van der Waals surface area (Å²) in [5, 5.41) is 3.33. The van der Waals surface area contributed by atoms with E-state index in [1.54, 1.807) is 17.0 Å². The molecule has 1 aliphatic rings. The maximum atomic E-state index is 12.8. The SMILES string of the molecule is CN(CCc1ccc(F)cc1)C(=O)CC1CCCN1.Cl. The van der Waals surface area contributed by atoms with Crippen LogP contribution in [0.25, 0.3) is 0 Å². The summed E-state index contributed by atoms with van der Waals surface area (Å²) in [7, 11) is 1.83. The summed E-state index contributed by atoms with van der Waals surface area (Å²) in [4.78, 5) is 13.8. The second-order valence-corrected chi connectivity index (χ2v) is 5.19. The molecule has 1 heterocycles. The molecule has 1 aromatic rings. The monoisotopic (exact) mass is 300 g/mol. The van der Waals surface area contributed by atoms with Crippen LogP contribution in [0.4, 0.5) is 4.39 Å². The fourth-order valence-corrected chi connectivity index (χ4v) is 2.37. The first-order valence-corrected chi connectivity index (χ1v) is 6.87. The molecule has 20 heavy (non-hydrogen) atoms. The van der Waals surface area contributed by atoms with Crippen LogP contribution in [0, 0.1) is 5.82 Å². The third kappa shape index (κ3) is 5.10. The molecule has 5 heteroatoms.